The van der Waals surface area contributed by atoms with Crippen LogP contribution in [-0.2, 0) is 31.5 Å². The smallest absolute Gasteiger partial charge is 0.550 e. The van der Waals surface area contributed by atoms with Gasteiger partial charge in [0.05, 0.1) is 0 Å². The van der Waals surface area contributed by atoms with Crippen molar-refractivity contribution in [2.45, 2.75) is 310 Å². The molecule has 0 atom stereocenters. The standard InChI is InChI=1S/3C17H34O2.Fe/c3*1-2-3-4-5-6-7-8-9-10-11-12-13-14-15-16-17(18)19;/h3*2-16H2,1H3,(H,18,19);/q;;;+3/p-3. The molecule has 0 fully saturated rings. The molecule has 0 aromatic heterocycles. The monoisotopic (exact) mass is 864 g/mol. The Labute approximate surface area is 372 Å². The molecule has 0 saturated carbocycles. The van der Waals surface area contributed by atoms with E-state index in [4.69, 9.17) is 0 Å². The summed E-state index contributed by atoms with van der Waals surface area (Å²) in [5.41, 5.74) is 0. The van der Waals surface area contributed by atoms with Gasteiger partial charge in [0.2, 0.25) is 0 Å². The van der Waals surface area contributed by atoms with Crippen molar-refractivity contribution in [3.63, 3.8) is 0 Å². The predicted molar refractivity (Wildman–Crippen MR) is 240 cm³/mol. The first-order chi connectivity index (χ1) is 27.8. The Kier molecular flexibility index (Phi) is 66.0. The van der Waals surface area contributed by atoms with Crippen LogP contribution < -0.4 is 15.3 Å². The van der Waals surface area contributed by atoms with Crippen LogP contribution in [0.5, 0.6) is 0 Å². The van der Waals surface area contributed by atoms with E-state index < -0.39 is 17.9 Å². The Morgan fingerprint density at radius 2 is 0.328 bits per heavy atom. The first-order valence-electron chi connectivity index (χ1n) is 25.4. The van der Waals surface area contributed by atoms with Crippen molar-refractivity contribution < 1.29 is 46.8 Å². The molecule has 0 unspecified atom stereocenters. The fourth-order valence-electron chi connectivity index (χ4n) is 7.39. The van der Waals surface area contributed by atoms with Crippen LogP contribution in [0.2, 0.25) is 0 Å². The van der Waals surface area contributed by atoms with E-state index in [0.717, 1.165) is 38.5 Å². The quantitative estimate of drug-likeness (QED) is 0.0444. The summed E-state index contributed by atoms with van der Waals surface area (Å²) in [6.07, 6.45) is 55.2. The summed E-state index contributed by atoms with van der Waals surface area (Å²) in [6.45, 7) is 6.79. The molecule has 7 heteroatoms. The maximum Gasteiger partial charge on any atom is 3.00 e. The second-order valence-electron chi connectivity index (χ2n) is 17.2. The third-order valence-corrected chi connectivity index (χ3v) is 11.2. The van der Waals surface area contributed by atoms with E-state index in [1.165, 1.54) is 231 Å². The topological polar surface area (TPSA) is 120 Å². The van der Waals surface area contributed by atoms with Gasteiger partial charge in [-0.2, -0.15) is 0 Å². The Bertz CT molecular complexity index is 676. The van der Waals surface area contributed by atoms with Crippen LogP contribution in [0.15, 0.2) is 0 Å². The van der Waals surface area contributed by atoms with Gasteiger partial charge in [-0.05, 0) is 38.5 Å². The van der Waals surface area contributed by atoms with Gasteiger partial charge in [-0.25, -0.2) is 0 Å². The van der Waals surface area contributed by atoms with Gasteiger partial charge < -0.3 is 29.7 Å². The number of rotatable bonds is 45. The largest absolute Gasteiger partial charge is 3.00 e. The zero-order chi connectivity index (χ0) is 42.6. The zero-order valence-electron chi connectivity index (χ0n) is 39.1. The minimum Gasteiger partial charge on any atom is -0.550 e. The van der Waals surface area contributed by atoms with Crippen LogP contribution in [0, 0.1) is 0 Å². The third kappa shape index (κ3) is 72.5. The molecule has 0 aliphatic carbocycles. The van der Waals surface area contributed by atoms with Gasteiger partial charge in [0.25, 0.3) is 0 Å². The molecule has 0 rings (SSSR count). The van der Waals surface area contributed by atoms with Crippen LogP contribution in [0.1, 0.15) is 310 Å². The molecule has 0 amide bonds. The fourth-order valence-corrected chi connectivity index (χ4v) is 7.39. The summed E-state index contributed by atoms with van der Waals surface area (Å²) in [7, 11) is 0. The molecule has 0 spiro atoms. The number of hydrogen-bond donors (Lipinski definition) is 0. The number of hydrogen-bond acceptors (Lipinski definition) is 6. The average molecular weight is 864 g/mol. The van der Waals surface area contributed by atoms with Crippen molar-refractivity contribution in [2.24, 2.45) is 0 Å². The SMILES string of the molecule is CCCCCCCCCCCCCCCCC(=O)[O-].CCCCCCCCCCCCCCCCC(=O)[O-].CCCCCCCCCCCCCCCCC(=O)[O-].[Fe+3]. The first-order valence-corrected chi connectivity index (χ1v) is 25.4. The van der Waals surface area contributed by atoms with Gasteiger partial charge in [0.1, 0.15) is 0 Å². The summed E-state index contributed by atoms with van der Waals surface area (Å²) in [5.74, 6) is -2.71. The van der Waals surface area contributed by atoms with Crippen molar-refractivity contribution >= 4 is 17.9 Å². The molecule has 0 saturated heterocycles. The molecule has 58 heavy (non-hydrogen) atoms. The van der Waals surface area contributed by atoms with Gasteiger partial charge in [0, 0.05) is 17.9 Å². The van der Waals surface area contributed by atoms with E-state index in [0.29, 0.717) is 0 Å². The van der Waals surface area contributed by atoms with E-state index in [9.17, 15) is 29.7 Å². The maximum absolute atomic E-state index is 10.2. The number of carbonyl (C=O) groups excluding carboxylic acids is 3. The van der Waals surface area contributed by atoms with Crippen LogP contribution in [0.3, 0.4) is 0 Å². The van der Waals surface area contributed by atoms with Gasteiger partial charge >= 0.3 is 17.1 Å². The molecule has 0 aromatic carbocycles. The molecule has 0 N–H and O–H groups in total. The Hall–Kier alpha value is -1.07. The summed E-state index contributed by atoms with van der Waals surface area (Å²) in [6, 6.07) is 0. The number of unbranched alkanes of at least 4 members (excludes halogenated alkanes) is 39. The van der Waals surface area contributed by atoms with Crippen LogP contribution in [0.25, 0.3) is 0 Å². The number of carboxylic acids is 3. The molecule has 347 valence electrons. The fraction of sp³-hybridized carbons (Fsp3) is 0.941. The van der Waals surface area contributed by atoms with E-state index in [2.05, 4.69) is 20.8 Å². The van der Waals surface area contributed by atoms with Crippen molar-refractivity contribution in [3.05, 3.63) is 0 Å². The second kappa shape index (κ2) is 60.2. The number of carboxylic acid groups (broad SMARTS) is 3. The van der Waals surface area contributed by atoms with E-state index in [1.807, 2.05) is 0 Å². The van der Waals surface area contributed by atoms with Crippen LogP contribution in [0.4, 0.5) is 0 Å². The Balaban J connectivity index is -0.000000374. The van der Waals surface area contributed by atoms with Gasteiger partial charge in [0.15, 0.2) is 0 Å². The van der Waals surface area contributed by atoms with Crippen molar-refractivity contribution in [2.75, 3.05) is 0 Å². The Morgan fingerprint density at radius 1 is 0.224 bits per heavy atom. The minimum atomic E-state index is -0.904. The van der Waals surface area contributed by atoms with E-state index >= 15 is 0 Å². The zero-order valence-corrected chi connectivity index (χ0v) is 40.2. The third-order valence-electron chi connectivity index (χ3n) is 11.2. The average Bonchev–Trinajstić information content (AvgIpc) is 3.18. The second-order valence-corrected chi connectivity index (χ2v) is 17.2. The van der Waals surface area contributed by atoms with E-state index in [-0.39, 0.29) is 36.3 Å². The number of carbonyl (C=O) groups is 3. The molecule has 0 aliphatic heterocycles. The Morgan fingerprint density at radius 3 is 0.431 bits per heavy atom. The molecular formula is C51H99FeO6. The molecule has 0 heterocycles. The normalized spacial score (nSPS) is 10.6. The van der Waals surface area contributed by atoms with Crippen molar-refractivity contribution in [1.82, 2.24) is 0 Å². The molecular weight excluding hydrogens is 764 g/mol. The number of aliphatic carboxylic acids is 3. The first kappa shape index (κ1) is 63.6. The maximum atomic E-state index is 10.2. The predicted octanol–water partition coefficient (Wildman–Crippen LogP) is 13.8. The molecule has 0 aromatic rings. The van der Waals surface area contributed by atoms with Gasteiger partial charge in [-0.15, -0.1) is 0 Å². The molecule has 1 radical (unpaired) electrons. The van der Waals surface area contributed by atoms with Crippen LogP contribution in [-0.4, -0.2) is 17.9 Å². The summed E-state index contributed by atoms with van der Waals surface area (Å²) >= 11 is 0. The summed E-state index contributed by atoms with van der Waals surface area (Å²) < 4.78 is 0. The minimum absolute atomic E-state index is 0. The van der Waals surface area contributed by atoms with Gasteiger partial charge in [-0.1, -0.05) is 271 Å². The molecule has 0 bridgehead atoms. The van der Waals surface area contributed by atoms with E-state index in [1.54, 1.807) is 0 Å². The molecule has 6 nitrogen and oxygen atoms in total. The summed E-state index contributed by atoms with van der Waals surface area (Å²) in [5, 5.41) is 30.6. The van der Waals surface area contributed by atoms with Crippen LogP contribution >= 0.6 is 0 Å². The van der Waals surface area contributed by atoms with Crippen molar-refractivity contribution in [1.29, 1.82) is 0 Å². The molecule has 0 aliphatic rings. The summed E-state index contributed by atoms with van der Waals surface area (Å²) in [4.78, 5) is 30.6. The van der Waals surface area contributed by atoms with Crippen molar-refractivity contribution in [3.8, 4) is 0 Å². The van der Waals surface area contributed by atoms with Gasteiger partial charge in [-0.3, -0.25) is 0 Å².